The lowest BCUT2D eigenvalue weighted by molar-refractivity contribution is -0.0525. The Morgan fingerprint density at radius 1 is 1.11 bits per heavy atom. The first-order chi connectivity index (χ1) is 13.3. The van der Waals surface area contributed by atoms with Crippen molar-refractivity contribution in [3.63, 3.8) is 0 Å². The van der Waals surface area contributed by atoms with Gasteiger partial charge < -0.3 is 10.0 Å². The van der Waals surface area contributed by atoms with Crippen LogP contribution in [0.3, 0.4) is 0 Å². The molecule has 0 aromatic rings. The topological polar surface area (TPSA) is 35.8 Å². The molecule has 3 nitrogen and oxygen atoms in total. The van der Waals surface area contributed by atoms with Gasteiger partial charge in [0.2, 0.25) is 0 Å². The van der Waals surface area contributed by atoms with E-state index in [2.05, 4.69) is 55.9 Å². The maximum absolute atomic E-state index is 10.3. The molecule has 7 atom stereocenters. The summed E-state index contributed by atoms with van der Waals surface area (Å²) in [6.07, 6.45) is 15.6. The van der Waals surface area contributed by atoms with E-state index in [9.17, 15) is 5.11 Å². The quantitative estimate of drug-likeness (QED) is 0.627. The zero-order valence-corrected chi connectivity index (χ0v) is 18.0. The van der Waals surface area contributed by atoms with Gasteiger partial charge in [-0.2, -0.15) is 0 Å². The van der Waals surface area contributed by atoms with E-state index in [0.717, 1.165) is 37.3 Å². The van der Waals surface area contributed by atoms with E-state index in [4.69, 9.17) is 0 Å². The monoisotopic (exact) mass is 380 g/mol. The summed E-state index contributed by atoms with van der Waals surface area (Å²) in [4.78, 5) is 6.94. The van der Waals surface area contributed by atoms with Gasteiger partial charge in [-0.3, -0.25) is 4.99 Å². The molecule has 4 aliphatic carbocycles. The highest BCUT2D eigenvalue weighted by molar-refractivity contribution is 5.71. The average molecular weight is 381 g/mol. The molecule has 2 saturated carbocycles. The van der Waals surface area contributed by atoms with Crippen LogP contribution in [0.15, 0.2) is 40.2 Å². The van der Waals surface area contributed by atoms with Crippen molar-refractivity contribution in [2.75, 3.05) is 6.67 Å². The Balaban J connectivity index is 1.51. The van der Waals surface area contributed by atoms with Gasteiger partial charge in [0.15, 0.2) is 0 Å². The summed E-state index contributed by atoms with van der Waals surface area (Å²) in [6, 6.07) is 0. The zero-order chi connectivity index (χ0) is 19.7. The first kappa shape index (κ1) is 18.7. The second-order valence-corrected chi connectivity index (χ2v) is 10.7. The molecule has 0 saturated heterocycles. The lowest BCUT2D eigenvalue weighted by Gasteiger charge is -2.59. The minimum Gasteiger partial charge on any atom is -0.393 e. The number of hydrogen-bond donors (Lipinski definition) is 1. The lowest BCUT2D eigenvalue weighted by atomic mass is 9.46. The molecule has 5 aliphatic rings. The van der Waals surface area contributed by atoms with Crippen molar-refractivity contribution >= 4 is 6.21 Å². The molecule has 3 heteroatoms. The standard InChI is InChI=1S/C25H36N2O/c1-16-12-18-14-19(28)6-8-24(18,3)20-7-9-25(4)21(22(16)20)13-17(2)23(25)27-11-5-10-26-15-27/h5,10-12,16,19-22,28H,6-9,13-15H2,1-4H3/t16-,19-,20-,21-,22+,24-,25-/m0/s1. The van der Waals surface area contributed by atoms with Gasteiger partial charge in [0.05, 0.1) is 6.10 Å². The molecule has 1 N–H and O–H groups in total. The van der Waals surface area contributed by atoms with Crippen molar-refractivity contribution in [3.05, 3.63) is 35.2 Å². The van der Waals surface area contributed by atoms with Crippen LogP contribution >= 0.6 is 0 Å². The maximum atomic E-state index is 10.3. The molecule has 1 aliphatic heterocycles. The number of aliphatic hydroxyl groups is 1. The number of hydrogen-bond acceptors (Lipinski definition) is 3. The highest BCUT2D eigenvalue weighted by atomic mass is 16.3. The van der Waals surface area contributed by atoms with Gasteiger partial charge in [0.25, 0.3) is 0 Å². The second-order valence-electron chi connectivity index (χ2n) is 10.7. The molecular formula is C25H36N2O. The maximum Gasteiger partial charge on any atom is 0.114 e. The van der Waals surface area contributed by atoms with Crippen molar-refractivity contribution in [2.24, 2.45) is 39.5 Å². The van der Waals surface area contributed by atoms with E-state index < -0.39 is 0 Å². The Morgan fingerprint density at radius 3 is 2.64 bits per heavy atom. The summed E-state index contributed by atoms with van der Waals surface area (Å²) in [5.74, 6) is 2.88. The Kier molecular flexibility index (Phi) is 4.21. The predicted octanol–water partition coefficient (Wildman–Crippen LogP) is 5.30. The Labute approximate surface area is 170 Å². The van der Waals surface area contributed by atoms with Crippen LogP contribution in [-0.4, -0.2) is 29.0 Å². The van der Waals surface area contributed by atoms with Gasteiger partial charge in [0, 0.05) is 23.5 Å². The van der Waals surface area contributed by atoms with Crippen molar-refractivity contribution in [1.82, 2.24) is 4.90 Å². The van der Waals surface area contributed by atoms with E-state index in [1.165, 1.54) is 25.7 Å². The normalized spacial score (nSPS) is 47.5. The summed E-state index contributed by atoms with van der Waals surface area (Å²) in [7, 11) is 0. The summed E-state index contributed by atoms with van der Waals surface area (Å²) >= 11 is 0. The third-order valence-electron chi connectivity index (χ3n) is 9.25. The SMILES string of the molecule is CC1=C(N2C=CC=NC2)[C@@]2(C)CC[C@H]3[C@@H]([C@@H](C)C=C4C[C@@H](O)CC[C@@]43C)[C@@H]2C1. The number of aliphatic hydroxyl groups excluding tert-OH is 1. The summed E-state index contributed by atoms with van der Waals surface area (Å²) in [6.45, 7) is 10.7. The summed E-state index contributed by atoms with van der Waals surface area (Å²) in [5, 5.41) is 10.3. The van der Waals surface area contributed by atoms with Gasteiger partial charge in [-0.05, 0) is 80.6 Å². The van der Waals surface area contributed by atoms with Crippen molar-refractivity contribution in [3.8, 4) is 0 Å². The molecule has 0 unspecified atom stereocenters. The van der Waals surface area contributed by atoms with Crippen molar-refractivity contribution < 1.29 is 5.11 Å². The van der Waals surface area contributed by atoms with Gasteiger partial charge in [-0.1, -0.05) is 38.0 Å². The minimum atomic E-state index is -0.120. The molecule has 1 heterocycles. The van der Waals surface area contributed by atoms with Crippen molar-refractivity contribution in [2.45, 2.75) is 72.3 Å². The summed E-state index contributed by atoms with van der Waals surface area (Å²) in [5.41, 5.74) is 5.30. The molecule has 0 bridgehead atoms. The highest BCUT2D eigenvalue weighted by Crippen LogP contribution is 2.67. The van der Waals surface area contributed by atoms with E-state index in [1.807, 2.05) is 6.21 Å². The number of fused-ring (bicyclic) bond motifs is 5. The second kappa shape index (κ2) is 6.32. The molecule has 28 heavy (non-hydrogen) atoms. The van der Waals surface area contributed by atoms with E-state index >= 15 is 0 Å². The first-order valence-electron chi connectivity index (χ1n) is 11.4. The molecule has 0 aromatic carbocycles. The van der Waals surface area contributed by atoms with Gasteiger partial charge >= 0.3 is 0 Å². The molecule has 0 spiro atoms. The van der Waals surface area contributed by atoms with Crippen LogP contribution in [0.25, 0.3) is 0 Å². The van der Waals surface area contributed by atoms with Crippen LogP contribution in [0.1, 0.15) is 66.2 Å². The molecule has 152 valence electrons. The predicted molar refractivity (Wildman–Crippen MR) is 115 cm³/mol. The molecule has 5 rings (SSSR count). The van der Waals surface area contributed by atoms with Crippen molar-refractivity contribution in [1.29, 1.82) is 0 Å². The number of rotatable bonds is 1. The van der Waals surface area contributed by atoms with Crippen LogP contribution in [0, 0.1) is 34.5 Å². The Hall–Kier alpha value is -1.35. The fourth-order valence-electron chi connectivity index (χ4n) is 8.01. The highest BCUT2D eigenvalue weighted by Gasteiger charge is 2.59. The van der Waals surface area contributed by atoms with Crippen LogP contribution in [0.5, 0.6) is 0 Å². The Bertz CT molecular complexity index is 792. The van der Waals surface area contributed by atoms with Gasteiger partial charge in [-0.15, -0.1) is 0 Å². The largest absolute Gasteiger partial charge is 0.393 e. The third kappa shape index (κ3) is 2.47. The lowest BCUT2D eigenvalue weighted by Crippen LogP contribution is -2.53. The molecular weight excluding hydrogens is 344 g/mol. The minimum absolute atomic E-state index is 0.120. The zero-order valence-electron chi connectivity index (χ0n) is 18.0. The first-order valence-corrected chi connectivity index (χ1v) is 11.4. The number of allylic oxidation sites excluding steroid dienone is 4. The molecule has 0 radical (unpaired) electrons. The fourth-order valence-corrected chi connectivity index (χ4v) is 8.01. The third-order valence-corrected chi connectivity index (χ3v) is 9.25. The molecule has 0 amide bonds. The fraction of sp³-hybridized carbons (Fsp3) is 0.720. The average Bonchev–Trinajstić information content (AvgIpc) is 2.94. The van der Waals surface area contributed by atoms with Crippen LogP contribution in [0.4, 0.5) is 0 Å². The number of aliphatic imine (C=N–C) groups is 1. The molecule has 2 fully saturated rings. The van der Waals surface area contributed by atoms with Gasteiger partial charge in [-0.25, -0.2) is 0 Å². The smallest absolute Gasteiger partial charge is 0.114 e. The molecule has 0 aromatic heterocycles. The van der Waals surface area contributed by atoms with E-state index in [-0.39, 0.29) is 11.5 Å². The van der Waals surface area contributed by atoms with E-state index in [0.29, 0.717) is 11.3 Å². The van der Waals surface area contributed by atoms with Crippen LogP contribution in [-0.2, 0) is 0 Å². The summed E-state index contributed by atoms with van der Waals surface area (Å²) < 4.78 is 0. The van der Waals surface area contributed by atoms with Gasteiger partial charge in [0.1, 0.15) is 6.67 Å². The number of nitrogens with zero attached hydrogens (tertiary/aromatic N) is 2. The van der Waals surface area contributed by atoms with Crippen LogP contribution < -0.4 is 0 Å². The van der Waals surface area contributed by atoms with E-state index in [1.54, 1.807) is 16.8 Å². The van der Waals surface area contributed by atoms with Crippen LogP contribution in [0.2, 0.25) is 0 Å². The Morgan fingerprint density at radius 2 is 1.89 bits per heavy atom.